The number of anilines is 1. The Hall–Kier alpha value is -1.18. The maximum atomic E-state index is 8.61. The van der Waals surface area contributed by atoms with E-state index in [1.54, 1.807) is 12.1 Å². The van der Waals surface area contributed by atoms with Gasteiger partial charge < -0.3 is 10.8 Å². The van der Waals surface area contributed by atoms with Crippen molar-refractivity contribution in [3.8, 4) is 6.07 Å². The van der Waals surface area contributed by atoms with Crippen molar-refractivity contribution in [1.82, 2.24) is 0 Å². The minimum Gasteiger partial charge on any atom is -0.398 e. The number of nitrogens with two attached hydrogens (primary N) is 1. The van der Waals surface area contributed by atoms with E-state index >= 15 is 0 Å². The Morgan fingerprint density at radius 2 is 2.31 bits per heavy atom. The molecule has 0 aliphatic heterocycles. The zero-order valence-corrected chi connectivity index (χ0v) is 7.84. The van der Waals surface area contributed by atoms with Crippen molar-refractivity contribution in [1.29, 1.82) is 5.26 Å². The summed E-state index contributed by atoms with van der Waals surface area (Å²) in [4.78, 5) is 0.977. The van der Waals surface area contributed by atoms with Gasteiger partial charge in [-0.2, -0.15) is 5.26 Å². The predicted octanol–water partition coefficient (Wildman–Crippen LogP) is 1.22. The quantitative estimate of drug-likeness (QED) is 0.560. The van der Waals surface area contributed by atoms with Gasteiger partial charge in [0.05, 0.1) is 17.9 Å². The number of thioether (sulfide) groups is 1. The molecule has 0 saturated carbocycles. The van der Waals surface area contributed by atoms with E-state index < -0.39 is 0 Å². The molecule has 4 heteroatoms. The molecule has 1 aromatic rings. The summed E-state index contributed by atoms with van der Waals surface area (Å²) in [6.45, 7) is 0.143. The van der Waals surface area contributed by atoms with E-state index in [1.165, 1.54) is 11.8 Å². The summed E-state index contributed by atoms with van der Waals surface area (Å²) >= 11 is 1.51. The van der Waals surface area contributed by atoms with Crippen LogP contribution in [0.2, 0.25) is 0 Å². The fraction of sp³-hybridized carbons (Fsp3) is 0.222. The topological polar surface area (TPSA) is 70.0 Å². The van der Waals surface area contributed by atoms with E-state index in [9.17, 15) is 0 Å². The fourth-order valence-electron chi connectivity index (χ4n) is 0.896. The molecule has 0 unspecified atom stereocenters. The molecular weight excluding hydrogens is 184 g/mol. The number of hydrogen-bond donors (Lipinski definition) is 2. The minimum absolute atomic E-state index is 0.143. The Morgan fingerprint density at radius 3 is 2.85 bits per heavy atom. The first-order valence-electron chi connectivity index (χ1n) is 3.81. The van der Waals surface area contributed by atoms with Crippen LogP contribution in [-0.4, -0.2) is 17.5 Å². The summed E-state index contributed by atoms with van der Waals surface area (Å²) in [5.74, 6) is 0.644. The highest BCUT2D eigenvalue weighted by molar-refractivity contribution is 7.99. The van der Waals surface area contributed by atoms with Crippen LogP contribution in [-0.2, 0) is 0 Å². The molecule has 0 saturated heterocycles. The number of benzene rings is 1. The largest absolute Gasteiger partial charge is 0.398 e. The smallest absolute Gasteiger partial charge is 0.101 e. The lowest BCUT2D eigenvalue weighted by molar-refractivity contribution is 0.322. The van der Waals surface area contributed by atoms with Crippen molar-refractivity contribution < 1.29 is 5.11 Å². The lowest BCUT2D eigenvalue weighted by Crippen LogP contribution is -1.91. The number of rotatable bonds is 3. The van der Waals surface area contributed by atoms with Gasteiger partial charge in [0.15, 0.2) is 0 Å². The molecule has 0 atom stereocenters. The van der Waals surface area contributed by atoms with Crippen LogP contribution in [0.5, 0.6) is 0 Å². The number of aliphatic hydroxyl groups excluding tert-OH is 1. The van der Waals surface area contributed by atoms with Crippen LogP contribution in [0.3, 0.4) is 0 Å². The van der Waals surface area contributed by atoms with Crippen LogP contribution in [0.4, 0.5) is 5.69 Å². The summed E-state index contributed by atoms with van der Waals surface area (Å²) < 4.78 is 0. The van der Waals surface area contributed by atoms with Gasteiger partial charge in [0.2, 0.25) is 0 Å². The molecule has 0 aromatic heterocycles. The van der Waals surface area contributed by atoms with Crippen molar-refractivity contribution in [3.63, 3.8) is 0 Å². The predicted molar refractivity (Wildman–Crippen MR) is 53.4 cm³/mol. The summed E-state index contributed by atoms with van der Waals surface area (Å²) in [6.07, 6.45) is 0. The average Bonchev–Trinajstić information content (AvgIpc) is 2.15. The van der Waals surface area contributed by atoms with E-state index in [0.29, 0.717) is 17.0 Å². The summed E-state index contributed by atoms with van der Waals surface area (Å²) in [7, 11) is 0. The first-order valence-corrected chi connectivity index (χ1v) is 4.79. The average molecular weight is 194 g/mol. The molecular formula is C9H10N2OS. The Morgan fingerprint density at radius 1 is 1.54 bits per heavy atom. The summed E-state index contributed by atoms with van der Waals surface area (Å²) in [5.41, 5.74) is 6.59. The van der Waals surface area contributed by atoms with Crippen LogP contribution < -0.4 is 5.73 Å². The maximum absolute atomic E-state index is 8.61. The third-order valence-electron chi connectivity index (χ3n) is 1.50. The van der Waals surface area contributed by atoms with Gasteiger partial charge >= 0.3 is 0 Å². The van der Waals surface area contributed by atoms with Gasteiger partial charge in [-0.05, 0) is 18.2 Å². The van der Waals surface area contributed by atoms with E-state index in [0.717, 1.165) is 4.90 Å². The van der Waals surface area contributed by atoms with Gasteiger partial charge in [-0.1, -0.05) is 0 Å². The van der Waals surface area contributed by atoms with Gasteiger partial charge in [-0.15, -0.1) is 11.8 Å². The van der Waals surface area contributed by atoms with Crippen molar-refractivity contribution in [2.45, 2.75) is 4.90 Å². The second-order valence-electron chi connectivity index (χ2n) is 2.43. The summed E-state index contributed by atoms with van der Waals surface area (Å²) in [5, 5.41) is 17.2. The molecule has 68 valence electrons. The van der Waals surface area contributed by atoms with Gasteiger partial charge in [0.1, 0.15) is 6.07 Å². The lowest BCUT2D eigenvalue weighted by Gasteiger charge is -2.01. The molecule has 13 heavy (non-hydrogen) atoms. The molecule has 0 bridgehead atoms. The minimum atomic E-state index is 0.143. The first kappa shape index (κ1) is 9.90. The van der Waals surface area contributed by atoms with Crippen LogP contribution in [0.25, 0.3) is 0 Å². The van der Waals surface area contributed by atoms with Gasteiger partial charge in [-0.25, -0.2) is 0 Å². The SMILES string of the molecule is N#Cc1ccc(SCCO)cc1N. The molecule has 0 fully saturated rings. The van der Waals surface area contributed by atoms with Crippen molar-refractivity contribution >= 4 is 17.4 Å². The van der Waals surface area contributed by atoms with E-state index in [1.807, 2.05) is 12.1 Å². The highest BCUT2D eigenvalue weighted by atomic mass is 32.2. The Kier molecular flexibility index (Phi) is 3.62. The molecule has 0 aliphatic rings. The molecule has 1 rings (SSSR count). The Bertz CT molecular complexity index is 333. The molecule has 0 radical (unpaired) electrons. The van der Waals surface area contributed by atoms with Crippen molar-refractivity contribution in [2.24, 2.45) is 0 Å². The van der Waals surface area contributed by atoms with Crippen molar-refractivity contribution in [3.05, 3.63) is 23.8 Å². The second-order valence-corrected chi connectivity index (χ2v) is 3.60. The van der Waals surface area contributed by atoms with E-state index in [-0.39, 0.29) is 6.61 Å². The van der Waals surface area contributed by atoms with Crippen LogP contribution >= 0.6 is 11.8 Å². The van der Waals surface area contributed by atoms with E-state index in [4.69, 9.17) is 16.1 Å². The van der Waals surface area contributed by atoms with Gasteiger partial charge in [0.25, 0.3) is 0 Å². The van der Waals surface area contributed by atoms with Gasteiger partial charge in [-0.3, -0.25) is 0 Å². The number of aliphatic hydroxyl groups is 1. The monoisotopic (exact) mass is 194 g/mol. The number of hydrogen-bond acceptors (Lipinski definition) is 4. The molecule has 1 aromatic carbocycles. The third kappa shape index (κ3) is 2.65. The highest BCUT2D eigenvalue weighted by Gasteiger charge is 1.99. The number of nitrogens with zero attached hydrogens (tertiary/aromatic N) is 1. The Balaban J connectivity index is 2.79. The van der Waals surface area contributed by atoms with Crippen LogP contribution in [0, 0.1) is 11.3 Å². The fourth-order valence-corrected chi connectivity index (χ4v) is 1.60. The highest BCUT2D eigenvalue weighted by Crippen LogP contribution is 2.22. The Labute approximate surface area is 81.2 Å². The molecule has 0 aliphatic carbocycles. The summed E-state index contributed by atoms with van der Waals surface area (Å²) in [6, 6.07) is 7.26. The zero-order chi connectivity index (χ0) is 9.68. The van der Waals surface area contributed by atoms with Gasteiger partial charge in [0, 0.05) is 10.6 Å². The van der Waals surface area contributed by atoms with E-state index in [2.05, 4.69) is 0 Å². The molecule has 3 nitrogen and oxygen atoms in total. The van der Waals surface area contributed by atoms with Crippen LogP contribution in [0.15, 0.2) is 23.1 Å². The standard InChI is InChI=1S/C9H10N2OS/c10-6-7-1-2-8(5-9(7)11)13-4-3-12/h1-2,5,12H,3-4,11H2. The number of nitriles is 1. The molecule has 0 spiro atoms. The maximum Gasteiger partial charge on any atom is 0.101 e. The normalized spacial score (nSPS) is 9.54. The first-order chi connectivity index (χ1) is 6.27. The molecule has 3 N–H and O–H groups in total. The second kappa shape index (κ2) is 4.75. The lowest BCUT2D eigenvalue weighted by atomic mass is 10.2. The molecule has 0 amide bonds. The zero-order valence-electron chi connectivity index (χ0n) is 7.03. The van der Waals surface area contributed by atoms with Crippen LogP contribution in [0.1, 0.15) is 5.56 Å². The molecule has 0 heterocycles. The van der Waals surface area contributed by atoms with Crippen molar-refractivity contribution in [2.75, 3.05) is 18.1 Å². The number of nitrogen functional groups attached to an aromatic ring is 1. The third-order valence-corrected chi connectivity index (χ3v) is 2.48.